The van der Waals surface area contributed by atoms with Crippen molar-refractivity contribution in [1.29, 1.82) is 0 Å². The molecule has 0 fully saturated rings. The molecule has 0 bridgehead atoms. The number of methoxy groups -OCH3 is 2. The van der Waals surface area contributed by atoms with Crippen LogP contribution in [-0.4, -0.2) is 53.0 Å². The van der Waals surface area contributed by atoms with Crippen LogP contribution in [0.5, 0.6) is 5.75 Å². The van der Waals surface area contributed by atoms with Gasteiger partial charge in [-0.3, -0.25) is 29.1 Å². The number of carbonyl (C=O) groups excluding carboxylic acids is 4. The van der Waals surface area contributed by atoms with Crippen LogP contribution in [0.3, 0.4) is 0 Å². The van der Waals surface area contributed by atoms with Crippen LogP contribution in [-0.2, 0) is 25.6 Å². The summed E-state index contributed by atoms with van der Waals surface area (Å²) in [5, 5.41) is 10.9. The van der Waals surface area contributed by atoms with E-state index in [0.29, 0.717) is 5.56 Å². The first-order valence-electron chi connectivity index (χ1n) is 9.70. The third kappa shape index (κ3) is 3.45. The Morgan fingerprint density at radius 3 is 2.24 bits per heavy atom. The Morgan fingerprint density at radius 2 is 1.64 bits per heavy atom. The molecule has 0 radical (unpaired) electrons. The number of imide groups is 1. The Kier molecular flexibility index (Phi) is 5.50. The van der Waals surface area contributed by atoms with Gasteiger partial charge in [-0.1, -0.05) is 18.2 Å². The van der Waals surface area contributed by atoms with E-state index in [1.807, 2.05) is 0 Å². The van der Waals surface area contributed by atoms with Gasteiger partial charge in [-0.25, -0.2) is 4.39 Å². The number of fused-ring (bicyclic) bond motifs is 2. The number of halogens is 1. The standard InChI is InChI=1S/C23H17FN2O7/c1-32-22(30)17(23(31)33-2)14-13-4-3-9-25-18(13)19(27)16-15(14)20(28)26(21(16)29)10-11-5-7-12(24)8-6-11/h3-9,17,27H,10H2,1-2H3. The molecule has 3 aromatic rings. The molecule has 4 rings (SSSR count). The predicted molar refractivity (Wildman–Crippen MR) is 111 cm³/mol. The minimum absolute atomic E-state index is 0.0751. The molecule has 1 aromatic heterocycles. The van der Waals surface area contributed by atoms with E-state index in [2.05, 4.69) is 4.98 Å². The van der Waals surface area contributed by atoms with E-state index >= 15 is 0 Å². The molecule has 168 valence electrons. The van der Waals surface area contributed by atoms with Crippen LogP contribution < -0.4 is 0 Å². The van der Waals surface area contributed by atoms with Crippen LogP contribution in [0.1, 0.15) is 37.8 Å². The van der Waals surface area contributed by atoms with Gasteiger partial charge in [-0.2, -0.15) is 0 Å². The summed E-state index contributed by atoms with van der Waals surface area (Å²) in [7, 11) is 2.13. The molecular formula is C23H17FN2O7. The Balaban J connectivity index is 1.98. The molecule has 0 spiro atoms. The lowest BCUT2D eigenvalue weighted by Crippen LogP contribution is -2.30. The molecule has 0 unspecified atom stereocenters. The van der Waals surface area contributed by atoms with Gasteiger partial charge >= 0.3 is 11.9 Å². The second kappa shape index (κ2) is 8.30. The molecule has 1 N–H and O–H groups in total. The van der Waals surface area contributed by atoms with E-state index < -0.39 is 41.2 Å². The highest BCUT2D eigenvalue weighted by Gasteiger charge is 2.46. The van der Waals surface area contributed by atoms with E-state index in [4.69, 9.17) is 9.47 Å². The van der Waals surface area contributed by atoms with Crippen molar-refractivity contribution in [2.24, 2.45) is 0 Å². The summed E-state index contributed by atoms with van der Waals surface area (Å²) in [4.78, 5) is 56.7. The first-order valence-corrected chi connectivity index (χ1v) is 9.70. The lowest BCUT2D eigenvalue weighted by atomic mass is 9.87. The SMILES string of the molecule is COC(=O)C(C(=O)OC)c1c2c(c(O)c3ncccc13)C(=O)N(Cc1ccc(F)cc1)C2=O. The smallest absolute Gasteiger partial charge is 0.324 e. The molecule has 0 aliphatic carbocycles. The molecule has 2 amide bonds. The summed E-state index contributed by atoms with van der Waals surface area (Å²) in [6.07, 6.45) is 1.35. The maximum Gasteiger partial charge on any atom is 0.324 e. The zero-order chi connectivity index (χ0) is 23.9. The van der Waals surface area contributed by atoms with Crippen molar-refractivity contribution >= 4 is 34.7 Å². The third-order valence-corrected chi connectivity index (χ3v) is 5.41. The normalized spacial score (nSPS) is 12.9. The number of phenolic OH excluding ortho intramolecular Hbond substituents is 1. The molecule has 1 aliphatic heterocycles. The highest BCUT2D eigenvalue weighted by molar-refractivity contribution is 6.27. The van der Waals surface area contributed by atoms with Gasteiger partial charge < -0.3 is 14.6 Å². The number of phenols is 1. The summed E-state index contributed by atoms with van der Waals surface area (Å²) in [5.41, 5.74) is -0.479. The number of nitrogens with zero attached hydrogens (tertiary/aromatic N) is 2. The number of esters is 2. The molecule has 1 aliphatic rings. The van der Waals surface area contributed by atoms with Crippen molar-refractivity contribution in [2.75, 3.05) is 14.2 Å². The van der Waals surface area contributed by atoms with Crippen molar-refractivity contribution in [1.82, 2.24) is 9.88 Å². The highest BCUT2D eigenvalue weighted by atomic mass is 19.1. The molecule has 0 saturated carbocycles. The summed E-state index contributed by atoms with van der Waals surface area (Å²) in [6, 6.07) is 8.11. The molecule has 2 heterocycles. The summed E-state index contributed by atoms with van der Waals surface area (Å²) in [5.74, 6) is -6.47. The summed E-state index contributed by atoms with van der Waals surface area (Å²) in [6.45, 7) is -0.226. The zero-order valence-corrected chi connectivity index (χ0v) is 17.5. The quantitative estimate of drug-likeness (QED) is 0.355. The number of carbonyl (C=O) groups is 4. The number of hydrogen-bond acceptors (Lipinski definition) is 8. The Morgan fingerprint density at radius 1 is 1.03 bits per heavy atom. The Bertz CT molecular complexity index is 1300. The fourth-order valence-corrected chi connectivity index (χ4v) is 3.89. The largest absolute Gasteiger partial charge is 0.505 e. The first-order chi connectivity index (χ1) is 15.8. The number of aromatic nitrogens is 1. The van der Waals surface area contributed by atoms with Gasteiger partial charge in [0.15, 0.2) is 11.7 Å². The number of rotatable bonds is 5. The number of amides is 2. The van der Waals surface area contributed by atoms with Gasteiger partial charge in [-0.05, 0) is 23.8 Å². The predicted octanol–water partition coefficient (Wildman–Crippen LogP) is 2.31. The maximum absolute atomic E-state index is 13.4. The van der Waals surface area contributed by atoms with Crippen molar-refractivity contribution in [3.05, 3.63) is 70.7 Å². The number of ether oxygens (including phenoxy) is 2. The van der Waals surface area contributed by atoms with Crippen molar-refractivity contribution in [3.8, 4) is 5.75 Å². The van der Waals surface area contributed by atoms with E-state index in [9.17, 15) is 28.7 Å². The van der Waals surface area contributed by atoms with Crippen LogP contribution in [0.15, 0.2) is 42.6 Å². The molecule has 0 atom stereocenters. The molecule has 9 nitrogen and oxygen atoms in total. The topological polar surface area (TPSA) is 123 Å². The summed E-state index contributed by atoms with van der Waals surface area (Å²) < 4.78 is 22.8. The molecule has 10 heteroatoms. The van der Waals surface area contributed by atoms with Gasteiger partial charge in [0.1, 0.15) is 11.3 Å². The van der Waals surface area contributed by atoms with Crippen molar-refractivity contribution < 1.29 is 38.1 Å². The summed E-state index contributed by atoms with van der Waals surface area (Å²) >= 11 is 0. The van der Waals surface area contributed by atoms with E-state index in [1.54, 1.807) is 0 Å². The first kappa shape index (κ1) is 21.9. The van der Waals surface area contributed by atoms with Crippen LogP contribution in [0.25, 0.3) is 10.9 Å². The Hall–Kier alpha value is -4.34. The van der Waals surface area contributed by atoms with E-state index in [1.165, 1.54) is 42.6 Å². The fourth-order valence-electron chi connectivity index (χ4n) is 3.89. The van der Waals surface area contributed by atoms with Crippen LogP contribution in [0.2, 0.25) is 0 Å². The fraction of sp³-hybridized carbons (Fsp3) is 0.174. The second-order valence-corrected chi connectivity index (χ2v) is 7.21. The maximum atomic E-state index is 13.4. The number of benzene rings is 2. The average Bonchev–Trinajstić information content (AvgIpc) is 3.07. The van der Waals surface area contributed by atoms with E-state index in [-0.39, 0.29) is 34.1 Å². The second-order valence-electron chi connectivity index (χ2n) is 7.21. The van der Waals surface area contributed by atoms with Crippen LogP contribution in [0.4, 0.5) is 4.39 Å². The van der Waals surface area contributed by atoms with E-state index in [0.717, 1.165) is 19.1 Å². The van der Waals surface area contributed by atoms with Crippen molar-refractivity contribution in [3.63, 3.8) is 0 Å². The lowest BCUT2D eigenvalue weighted by molar-refractivity contribution is -0.154. The van der Waals surface area contributed by atoms with Gasteiger partial charge in [0.2, 0.25) is 0 Å². The minimum atomic E-state index is -1.71. The molecule has 2 aromatic carbocycles. The third-order valence-electron chi connectivity index (χ3n) is 5.41. The lowest BCUT2D eigenvalue weighted by Gasteiger charge is -2.18. The van der Waals surface area contributed by atoms with Gasteiger partial charge in [0.25, 0.3) is 11.8 Å². The Labute approximate surface area is 186 Å². The number of hydrogen-bond donors (Lipinski definition) is 1. The van der Waals surface area contributed by atoms with Gasteiger partial charge in [0, 0.05) is 17.1 Å². The highest BCUT2D eigenvalue weighted by Crippen LogP contribution is 2.43. The van der Waals surface area contributed by atoms with Crippen LogP contribution in [0, 0.1) is 5.82 Å². The van der Waals surface area contributed by atoms with Crippen molar-refractivity contribution in [2.45, 2.75) is 12.5 Å². The minimum Gasteiger partial charge on any atom is -0.505 e. The molecule has 0 saturated heterocycles. The van der Waals surface area contributed by atoms with Gasteiger partial charge in [0.05, 0.1) is 31.9 Å². The number of pyridine rings is 1. The zero-order valence-electron chi connectivity index (χ0n) is 17.5. The monoisotopic (exact) mass is 452 g/mol. The molecular weight excluding hydrogens is 435 g/mol. The average molecular weight is 452 g/mol. The van der Waals surface area contributed by atoms with Crippen LogP contribution >= 0.6 is 0 Å². The molecule has 33 heavy (non-hydrogen) atoms. The number of aromatic hydroxyl groups is 1. The van der Waals surface area contributed by atoms with Gasteiger partial charge in [-0.15, -0.1) is 0 Å².